The number of hydrogen-bond donors (Lipinski definition) is 0. The van der Waals surface area contributed by atoms with Gasteiger partial charge >= 0.3 is 0 Å². The molecule has 3 rings (SSSR count). The minimum Gasteiger partial charge on any atom is -0.207 e. The molecule has 0 heterocycles. The first-order valence-corrected chi connectivity index (χ1v) is 8.89. The van der Waals surface area contributed by atoms with E-state index in [2.05, 4.69) is 51.1 Å². The Hall–Kier alpha value is -2.15. The van der Waals surface area contributed by atoms with E-state index in [9.17, 15) is 4.39 Å². The Balaban J connectivity index is 2.14. The number of unbranched alkanes of at least 4 members (excludes halogenated alkanes) is 1. The Morgan fingerprint density at radius 1 is 0.917 bits per heavy atom. The van der Waals surface area contributed by atoms with E-state index < -0.39 is 0 Å². The summed E-state index contributed by atoms with van der Waals surface area (Å²) in [6.07, 6.45) is 3.57. The van der Waals surface area contributed by atoms with E-state index >= 15 is 0 Å². The summed E-state index contributed by atoms with van der Waals surface area (Å²) in [5.41, 5.74) is 8.00. The topological polar surface area (TPSA) is 0 Å². The van der Waals surface area contributed by atoms with Gasteiger partial charge in [-0.3, -0.25) is 0 Å². The maximum absolute atomic E-state index is 13.4. The number of hydrogen-bond acceptors (Lipinski definition) is 0. The first-order valence-electron chi connectivity index (χ1n) is 8.89. The molecule has 0 aliphatic heterocycles. The van der Waals surface area contributed by atoms with E-state index in [1.807, 2.05) is 12.1 Å². The van der Waals surface area contributed by atoms with E-state index in [4.69, 9.17) is 0 Å². The van der Waals surface area contributed by atoms with Crippen LogP contribution in [0, 0.1) is 11.7 Å². The standard InChI is InChI=1S/C23H25F/c1-4-5-11-21-16(2)22(18-9-7-6-8-10-18)23(17(21)3)19-12-14-20(24)15-13-19/h6-10,12-15,17H,4-5,11H2,1-3H3. The summed E-state index contributed by atoms with van der Waals surface area (Å²) >= 11 is 0. The van der Waals surface area contributed by atoms with Gasteiger partial charge in [0.05, 0.1) is 0 Å². The second-order valence-corrected chi connectivity index (χ2v) is 6.64. The van der Waals surface area contributed by atoms with Crippen LogP contribution in [0.3, 0.4) is 0 Å². The largest absolute Gasteiger partial charge is 0.207 e. The molecule has 0 amide bonds. The highest BCUT2D eigenvalue weighted by Crippen LogP contribution is 2.48. The summed E-state index contributed by atoms with van der Waals surface area (Å²) in [4.78, 5) is 0. The molecule has 0 bridgehead atoms. The average Bonchev–Trinajstić information content (AvgIpc) is 2.85. The van der Waals surface area contributed by atoms with Crippen LogP contribution in [0.15, 0.2) is 65.7 Å². The molecule has 2 aromatic carbocycles. The zero-order valence-corrected chi connectivity index (χ0v) is 14.8. The van der Waals surface area contributed by atoms with Crippen molar-refractivity contribution < 1.29 is 4.39 Å². The van der Waals surface area contributed by atoms with Crippen LogP contribution in [0.5, 0.6) is 0 Å². The Labute approximate surface area is 144 Å². The summed E-state index contributed by atoms with van der Waals surface area (Å²) in [6, 6.07) is 17.6. The fraction of sp³-hybridized carbons (Fsp3) is 0.304. The van der Waals surface area contributed by atoms with Crippen molar-refractivity contribution in [3.63, 3.8) is 0 Å². The van der Waals surface area contributed by atoms with Crippen molar-refractivity contribution in [2.24, 2.45) is 5.92 Å². The second-order valence-electron chi connectivity index (χ2n) is 6.64. The van der Waals surface area contributed by atoms with Crippen molar-refractivity contribution in [3.05, 3.63) is 82.7 Å². The first-order chi connectivity index (χ1) is 11.6. The van der Waals surface area contributed by atoms with Crippen LogP contribution in [0.1, 0.15) is 51.2 Å². The van der Waals surface area contributed by atoms with Gasteiger partial charge in [0.1, 0.15) is 5.82 Å². The van der Waals surface area contributed by atoms with Crippen molar-refractivity contribution in [1.29, 1.82) is 0 Å². The minimum absolute atomic E-state index is 0.179. The maximum atomic E-state index is 13.4. The molecule has 0 saturated carbocycles. The maximum Gasteiger partial charge on any atom is 0.123 e. The second kappa shape index (κ2) is 7.17. The van der Waals surface area contributed by atoms with Gasteiger partial charge in [-0.25, -0.2) is 4.39 Å². The Morgan fingerprint density at radius 3 is 2.21 bits per heavy atom. The molecule has 0 spiro atoms. The highest BCUT2D eigenvalue weighted by molar-refractivity contribution is 6.03. The molecular formula is C23H25F. The summed E-state index contributed by atoms with van der Waals surface area (Å²) in [5, 5.41) is 0. The fourth-order valence-corrected chi connectivity index (χ4v) is 3.85. The third-order valence-electron chi connectivity index (χ3n) is 5.10. The molecule has 0 fully saturated rings. The molecule has 24 heavy (non-hydrogen) atoms. The fourth-order valence-electron chi connectivity index (χ4n) is 3.85. The SMILES string of the molecule is CCCCC1=C(C)C(c2ccccc2)=C(c2ccc(F)cc2)C1C. The highest BCUT2D eigenvalue weighted by atomic mass is 19.1. The third-order valence-corrected chi connectivity index (χ3v) is 5.10. The predicted molar refractivity (Wildman–Crippen MR) is 101 cm³/mol. The van der Waals surface area contributed by atoms with Crippen molar-refractivity contribution in [2.45, 2.75) is 40.0 Å². The Bertz CT molecular complexity index is 763. The number of rotatable bonds is 5. The van der Waals surface area contributed by atoms with Gasteiger partial charge in [-0.05, 0) is 59.7 Å². The minimum atomic E-state index is -0.179. The lowest BCUT2D eigenvalue weighted by atomic mass is 9.88. The monoisotopic (exact) mass is 320 g/mol. The molecule has 1 heteroatoms. The first kappa shape index (κ1) is 16.7. The number of allylic oxidation sites excluding steroid dienone is 4. The van der Waals surface area contributed by atoms with E-state index in [1.165, 1.54) is 40.7 Å². The van der Waals surface area contributed by atoms with Gasteiger partial charge in [0.15, 0.2) is 0 Å². The van der Waals surface area contributed by atoms with Crippen LogP contribution < -0.4 is 0 Å². The Kier molecular flexibility index (Phi) is 4.99. The van der Waals surface area contributed by atoms with Gasteiger partial charge in [-0.2, -0.15) is 0 Å². The molecule has 0 radical (unpaired) electrons. The van der Waals surface area contributed by atoms with Crippen molar-refractivity contribution >= 4 is 11.1 Å². The van der Waals surface area contributed by atoms with E-state index in [0.717, 1.165) is 12.0 Å². The lowest BCUT2D eigenvalue weighted by Gasteiger charge is -2.16. The smallest absolute Gasteiger partial charge is 0.123 e. The van der Waals surface area contributed by atoms with E-state index in [0.29, 0.717) is 5.92 Å². The zero-order chi connectivity index (χ0) is 17.1. The van der Waals surface area contributed by atoms with Gasteiger partial charge in [0.2, 0.25) is 0 Å². The van der Waals surface area contributed by atoms with Gasteiger partial charge in [0, 0.05) is 5.92 Å². The normalized spacial score (nSPS) is 17.8. The molecule has 1 atom stereocenters. The number of benzene rings is 2. The molecule has 0 saturated heterocycles. The molecule has 2 aromatic rings. The van der Waals surface area contributed by atoms with Crippen LogP contribution in [-0.2, 0) is 0 Å². The molecule has 1 aliphatic carbocycles. The molecule has 0 nitrogen and oxygen atoms in total. The molecule has 0 N–H and O–H groups in total. The van der Waals surface area contributed by atoms with Crippen molar-refractivity contribution in [2.75, 3.05) is 0 Å². The Morgan fingerprint density at radius 2 is 1.58 bits per heavy atom. The predicted octanol–water partition coefficient (Wildman–Crippen LogP) is 6.89. The van der Waals surface area contributed by atoms with Gasteiger partial charge < -0.3 is 0 Å². The van der Waals surface area contributed by atoms with Crippen molar-refractivity contribution in [1.82, 2.24) is 0 Å². The summed E-state index contributed by atoms with van der Waals surface area (Å²) in [6.45, 7) is 6.78. The van der Waals surface area contributed by atoms with E-state index in [1.54, 1.807) is 12.1 Å². The van der Waals surface area contributed by atoms with E-state index in [-0.39, 0.29) is 5.82 Å². The highest BCUT2D eigenvalue weighted by Gasteiger charge is 2.29. The summed E-state index contributed by atoms with van der Waals surface area (Å²) in [7, 11) is 0. The molecule has 1 aliphatic rings. The third kappa shape index (κ3) is 3.08. The molecule has 124 valence electrons. The molecule has 1 unspecified atom stereocenters. The van der Waals surface area contributed by atoms with Crippen molar-refractivity contribution in [3.8, 4) is 0 Å². The van der Waals surface area contributed by atoms with Gasteiger partial charge in [-0.1, -0.05) is 68.3 Å². The molecular weight excluding hydrogens is 295 g/mol. The van der Waals surface area contributed by atoms with Gasteiger partial charge in [0.25, 0.3) is 0 Å². The number of halogens is 1. The lowest BCUT2D eigenvalue weighted by molar-refractivity contribution is 0.627. The quantitative estimate of drug-likeness (QED) is 0.562. The van der Waals surface area contributed by atoms with Crippen LogP contribution in [0.25, 0.3) is 11.1 Å². The van der Waals surface area contributed by atoms with Crippen LogP contribution in [-0.4, -0.2) is 0 Å². The average molecular weight is 320 g/mol. The molecule has 0 aromatic heterocycles. The summed E-state index contributed by atoms with van der Waals surface area (Å²) in [5.74, 6) is 0.208. The van der Waals surface area contributed by atoms with Crippen LogP contribution in [0.2, 0.25) is 0 Å². The zero-order valence-electron chi connectivity index (χ0n) is 14.8. The van der Waals surface area contributed by atoms with Gasteiger partial charge in [-0.15, -0.1) is 0 Å². The lowest BCUT2D eigenvalue weighted by Crippen LogP contribution is -2.00. The van der Waals surface area contributed by atoms with Crippen LogP contribution in [0.4, 0.5) is 4.39 Å². The summed E-state index contributed by atoms with van der Waals surface area (Å²) < 4.78 is 13.4. The van der Waals surface area contributed by atoms with Crippen LogP contribution >= 0.6 is 0 Å².